The first-order valence-corrected chi connectivity index (χ1v) is 14.0. The van der Waals surface area contributed by atoms with E-state index in [1.807, 2.05) is 16.8 Å². The van der Waals surface area contributed by atoms with Gasteiger partial charge in [0.15, 0.2) is 0 Å². The van der Waals surface area contributed by atoms with Gasteiger partial charge in [0.05, 0.1) is 22.4 Å². The number of thioether (sulfide) groups is 1. The number of anilines is 1. The predicted molar refractivity (Wildman–Crippen MR) is 144 cm³/mol. The Labute approximate surface area is 215 Å². The maximum Gasteiger partial charge on any atom is 0.240 e. The smallest absolute Gasteiger partial charge is 0.240 e. The fraction of sp³-hybridized carbons (Fsp3) is 0.444. The molecule has 5 rings (SSSR count). The molecule has 8 heteroatoms. The molecule has 1 aliphatic heterocycles. The molecule has 3 aromatic rings. The second-order valence-electron chi connectivity index (χ2n) is 10.5. The number of fused-ring (bicyclic) bond motifs is 1. The average molecular weight is 509 g/mol. The first-order chi connectivity index (χ1) is 16.6. The van der Waals surface area contributed by atoms with E-state index in [1.54, 1.807) is 28.0 Å². The monoisotopic (exact) mass is 508 g/mol. The summed E-state index contributed by atoms with van der Waals surface area (Å²) < 4.78 is 1.92. The molecule has 0 bridgehead atoms. The first-order valence-electron chi connectivity index (χ1n) is 12.1. The van der Waals surface area contributed by atoms with Crippen molar-refractivity contribution < 1.29 is 9.59 Å². The number of hydrogen-bond acceptors (Lipinski definition) is 5. The van der Waals surface area contributed by atoms with Crippen molar-refractivity contribution in [3.63, 3.8) is 0 Å². The Morgan fingerprint density at radius 1 is 1.17 bits per heavy atom. The Bertz CT molecular complexity index is 1270. The van der Waals surface area contributed by atoms with Crippen LogP contribution in [0, 0.1) is 13.8 Å². The van der Waals surface area contributed by atoms with Gasteiger partial charge in [-0.1, -0.05) is 39.0 Å². The molecule has 3 heterocycles. The number of aromatic nitrogens is 2. The lowest BCUT2D eigenvalue weighted by atomic mass is 9.88. The van der Waals surface area contributed by atoms with Crippen LogP contribution in [-0.4, -0.2) is 39.9 Å². The van der Waals surface area contributed by atoms with Gasteiger partial charge in [-0.05, 0) is 55.3 Å². The van der Waals surface area contributed by atoms with Gasteiger partial charge in [-0.25, -0.2) is 4.68 Å². The van der Waals surface area contributed by atoms with Gasteiger partial charge in [-0.2, -0.15) is 5.10 Å². The van der Waals surface area contributed by atoms with E-state index in [1.165, 1.54) is 4.88 Å². The summed E-state index contributed by atoms with van der Waals surface area (Å²) in [5, 5.41) is 10.3. The Kier molecular flexibility index (Phi) is 6.30. The second-order valence-corrected chi connectivity index (χ2v) is 12.6. The van der Waals surface area contributed by atoms with Crippen LogP contribution >= 0.6 is 23.1 Å². The molecule has 1 fully saturated rings. The molecule has 1 N–H and O–H groups in total. The van der Waals surface area contributed by atoms with Crippen LogP contribution in [0.15, 0.2) is 35.7 Å². The summed E-state index contributed by atoms with van der Waals surface area (Å²) in [6, 6.07) is 10.6. The number of carbonyl (C=O) groups is 2. The number of rotatable bonds is 5. The molecule has 2 aliphatic rings. The zero-order chi connectivity index (χ0) is 24.9. The molecule has 2 amide bonds. The van der Waals surface area contributed by atoms with Crippen LogP contribution in [0.5, 0.6) is 0 Å². The van der Waals surface area contributed by atoms with Crippen molar-refractivity contribution in [3.05, 3.63) is 63.0 Å². The van der Waals surface area contributed by atoms with Gasteiger partial charge in [0.2, 0.25) is 11.8 Å². The Hall–Kier alpha value is -2.58. The number of thiophene rings is 1. The molecule has 35 heavy (non-hydrogen) atoms. The zero-order valence-corrected chi connectivity index (χ0v) is 22.6. The van der Waals surface area contributed by atoms with E-state index in [0.29, 0.717) is 5.75 Å². The molecule has 0 spiro atoms. The summed E-state index contributed by atoms with van der Waals surface area (Å²) >= 11 is 3.33. The van der Waals surface area contributed by atoms with Crippen LogP contribution in [0.1, 0.15) is 66.1 Å². The number of carbonyl (C=O) groups excluding carboxylic acids is 2. The van der Waals surface area contributed by atoms with E-state index >= 15 is 0 Å². The molecule has 2 aromatic heterocycles. The summed E-state index contributed by atoms with van der Waals surface area (Å²) in [6.07, 6.45) is 2.02. The minimum atomic E-state index is -0.252. The summed E-state index contributed by atoms with van der Waals surface area (Å²) in [7, 11) is 0. The molecule has 1 saturated carbocycles. The van der Waals surface area contributed by atoms with Gasteiger partial charge in [0.1, 0.15) is 12.4 Å². The van der Waals surface area contributed by atoms with Crippen molar-refractivity contribution in [1.29, 1.82) is 0 Å². The highest BCUT2D eigenvalue weighted by Gasteiger charge is 2.40. The van der Waals surface area contributed by atoms with E-state index in [9.17, 15) is 9.59 Å². The molecular weight excluding hydrogens is 476 g/mol. The van der Waals surface area contributed by atoms with Gasteiger partial charge < -0.3 is 5.32 Å². The normalized spacial score (nSPS) is 18.4. The summed E-state index contributed by atoms with van der Waals surface area (Å²) in [5.74, 6) is 0.859. The van der Waals surface area contributed by atoms with Crippen LogP contribution in [0.25, 0.3) is 5.69 Å². The Morgan fingerprint density at radius 2 is 1.94 bits per heavy atom. The van der Waals surface area contributed by atoms with Crippen molar-refractivity contribution in [2.75, 3.05) is 17.2 Å². The maximum absolute atomic E-state index is 13.6. The van der Waals surface area contributed by atoms with Crippen LogP contribution < -0.4 is 10.2 Å². The SMILES string of the molecule is Cc1cccc(-n2nc(C(C)(C)C)c3c2N(CC(=O)NC2CC2)C(=O)CS[C@H]3c2cccs2)c1C. The third-order valence-corrected chi connectivity index (χ3v) is 8.97. The van der Waals surface area contributed by atoms with Crippen LogP contribution in [0.2, 0.25) is 0 Å². The van der Waals surface area contributed by atoms with E-state index in [4.69, 9.17) is 5.10 Å². The van der Waals surface area contributed by atoms with Crippen LogP contribution in [-0.2, 0) is 15.0 Å². The molecule has 0 saturated heterocycles. The number of amides is 2. The largest absolute Gasteiger partial charge is 0.352 e. The third kappa shape index (κ3) is 4.66. The number of aryl methyl sites for hydroxylation is 1. The molecule has 1 aliphatic carbocycles. The molecular formula is C27H32N4O2S2. The summed E-state index contributed by atoms with van der Waals surface area (Å²) in [4.78, 5) is 29.5. The van der Waals surface area contributed by atoms with Crippen molar-refractivity contribution in [2.45, 2.75) is 64.2 Å². The number of nitrogens with zero attached hydrogens (tertiary/aromatic N) is 3. The lowest BCUT2D eigenvalue weighted by Crippen LogP contribution is -2.43. The van der Waals surface area contributed by atoms with Gasteiger partial charge in [0, 0.05) is 21.9 Å². The Balaban J connectivity index is 1.77. The maximum atomic E-state index is 13.6. The van der Waals surface area contributed by atoms with Crippen molar-refractivity contribution in [1.82, 2.24) is 15.1 Å². The van der Waals surface area contributed by atoms with Gasteiger partial charge in [0.25, 0.3) is 0 Å². The Morgan fingerprint density at radius 3 is 2.60 bits per heavy atom. The van der Waals surface area contributed by atoms with Crippen molar-refractivity contribution in [3.8, 4) is 5.69 Å². The lowest BCUT2D eigenvalue weighted by molar-refractivity contribution is -0.123. The molecule has 0 unspecified atom stereocenters. The molecule has 6 nitrogen and oxygen atoms in total. The standard InChI is InChI=1S/C27H32N4O2S2/c1-16-8-6-9-19(17(16)2)31-26-23(25(29-31)27(3,4)5)24(20-10-7-13-34-20)35-15-22(33)30(26)14-21(32)28-18-11-12-18/h6-10,13,18,24H,11-12,14-15H2,1-5H3,(H,28,32)/t24-/m0/s1. The first kappa shape index (κ1) is 24.1. The average Bonchev–Trinajstić information content (AvgIpc) is 3.31. The zero-order valence-electron chi connectivity index (χ0n) is 20.9. The quantitative estimate of drug-likeness (QED) is 0.508. The van der Waals surface area contributed by atoms with E-state index in [-0.39, 0.29) is 35.1 Å². The molecule has 1 aromatic carbocycles. The van der Waals surface area contributed by atoms with Crippen LogP contribution in [0.4, 0.5) is 5.82 Å². The third-order valence-electron chi connectivity index (χ3n) is 6.65. The van der Waals surface area contributed by atoms with Crippen LogP contribution in [0.3, 0.4) is 0 Å². The van der Waals surface area contributed by atoms with Gasteiger partial charge in [-0.15, -0.1) is 23.1 Å². The predicted octanol–water partition coefficient (Wildman–Crippen LogP) is 5.30. The highest BCUT2D eigenvalue weighted by atomic mass is 32.2. The number of hydrogen-bond donors (Lipinski definition) is 1. The highest BCUT2D eigenvalue weighted by molar-refractivity contribution is 8.00. The molecule has 0 radical (unpaired) electrons. The highest BCUT2D eigenvalue weighted by Crippen LogP contribution is 2.49. The van der Waals surface area contributed by atoms with E-state index < -0.39 is 0 Å². The van der Waals surface area contributed by atoms with Gasteiger partial charge in [-0.3, -0.25) is 14.5 Å². The fourth-order valence-corrected chi connectivity index (χ4v) is 6.69. The summed E-state index contributed by atoms with van der Waals surface area (Å²) in [6.45, 7) is 10.7. The minimum Gasteiger partial charge on any atom is -0.352 e. The van der Waals surface area contributed by atoms with Crippen molar-refractivity contribution in [2.24, 2.45) is 0 Å². The molecule has 1 atom stereocenters. The van der Waals surface area contributed by atoms with Gasteiger partial charge >= 0.3 is 0 Å². The topological polar surface area (TPSA) is 67.2 Å². The second kappa shape index (κ2) is 9.13. The van der Waals surface area contributed by atoms with Crippen molar-refractivity contribution >= 4 is 40.7 Å². The summed E-state index contributed by atoms with van der Waals surface area (Å²) in [5.41, 5.74) is 4.95. The number of benzene rings is 1. The van der Waals surface area contributed by atoms with E-state index in [2.05, 4.69) is 63.5 Å². The number of nitrogens with one attached hydrogen (secondary N) is 1. The minimum absolute atomic E-state index is 0.000192. The molecule has 184 valence electrons. The fourth-order valence-electron chi connectivity index (χ4n) is 4.52. The van der Waals surface area contributed by atoms with E-state index in [0.717, 1.165) is 46.7 Å². The lowest BCUT2D eigenvalue weighted by Gasteiger charge is -2.24.